The first kappa shape index (κ1) is 10.4. The van der Waals surface area contributed by atoms with Crippen molar-refractivity contribution in [1.82, 2.24) is 10.3 Å². The van der Waals surface area contributed by atoms with E-state index in [2.05, 4.69) is 28.5 Å². The van der Waals surface area contributed by atoms with Crippen LogP contribution in [0.4, 0.5) is 0 Å². The third-order valence-corrected chi connectivity index (χ3v) is 2.80. The lowest BCUT2D eigenvalue weighted by atomic mass is 10.0. The molecule has 0 saturated carbocycles. The van der Waals surface area contributed by atoms with Crippen LogP contribution in [0.3, 0.4) is 0 Å². The maximum absolute atomic E-state index is 4.11. The Labute approximate surface area is 91.4 Å². The Morgan fingerprint density at radius 1 is 1.47 bits per heavy atom. The van der Waals surface area contributed by atoms with Crippen LogP contribution in [0.2, 0.25) is 0 Å². The van der Waals surface area contributed by atoms with Crippen molar-refractivity contribution in [2.45, 2.75) is 31.7 Å². The van der Waals surface area contributed by atoms with E-state index >= 15 is 0 Å². The van der Waals surface area contributed by atoms with Gasteiger partial charge in [-0.2, -0.15) is 0 Å². The molecule has 0 saturated heterocycles. The maximum atomic E-state index is 4.11. The molecule has 0 aliphatic heterocycles. The van der Waals surface area contributed by atoms with Crippen LogP contribution in [-0.2, 0) is 6.42 Å². The highest BCUT2D eigenvalue weighted by Crippen LogP contribution is 2.09. The number of hydrogen-bond acceptors (Lipinski definition) is 2. The first-order valence-electron chi connectivity index (χ1n) is 5.74. The number of allylic oxidation sites excluding steroid dienone is 1. The van der Waals surface area contributed by atoms with E-state index in [9.17, 15) is 0 Å². The summed E-state index contributed by atoms with van der Waals surface area (Å²) in [6.45, 7) is 1.04. The fourth-order valence-corrected chi connectivity index (χ4v) is 1.93. The number of aromatic nitrogens is 1. The van der Waals surface area contributed by atoms with Crippen LogP contribution in [0.1, 0.15) is 24.8 Å². The van der Waals surface area contributed by atoms with Gasteiger partial charge in [0, 0.05) is 18.4 Å². The fourth-order valence-electron chi connectivity index (χ4n) is 1.93. The van der Waals surface area contributed by atoms with Crippen molar-refractivity contribution in [3.63, 3.8) is 0 Å². The molecule has 0 aromatic carbocycles. The minimum Gasteiger partial charge on any atom is -0.310 e. The lowest BCUT2D eigenvalue weighted by molar-refractivity contribution is 0.525. The molecule has 2 nitrogen and oxygen atoms in total. The summed E-state index contributed by atoms with van der Waals surface area (Å²) >= 11 is 0. The molecule has 2 heteroatoms. The predicted octanol–water partition coefficient (Wildman–Crippen LogP) is 2.32. The van der Waals surface area contributed by atoms with Crippen molar-refractivity contribution in [2.24, 2.45) is 0 Å². The van der Waals surface area contributed by atoms with Gasteiger partial charge in [-0.1, -0.05) is 18.2 Å². The molecule has 1 aliphatic carbocycles. The van der Waals surface area contributed by atoms with E-state index in [0.717, 1.165) is 13.0 Å². The normalized spacial score (nSPS) is 20.4. The molecule has 1 aromatic rings. The van der Waals surface area contributed by atoms with Crippen LogP contribution >= 0.6 is 0 Å². The van der Waals surface area contributed by atoms with Gasteiger partial charge in [0.2, 0.25) is 0 Å². The third kappa shape index (κ3) is 3.48. The lowest BCUT2D eigenvalue weighted by Crippen LogP contribution is -2.30. The number of nitrogens with one attached hydrogen (secondary N) is 1. The molecule has 0 spiro atoms. The van der Waals surface area contributed by atoms with Gasteiger partial charge in [0.15, 0.2) is 0 Å². The number of nitrogens with zero attached hydrogens (tertiary/aromatic N) is 1. The molecule has 15 heavy (non-hydrogen) atoms. The highest BCUT2D eigenvalue weighted by atomic mass is 14.9. The zero-order valence-corrected chi connectivity index (χ0v) is 9.02. The standard InChI is InChI=1S/C13H18N2/c1-2-6-13(7-3-1)15-10-8-12-5-4-9-14-11-12/h2,4-6,9,11,13,15H,1,3,7-8,10H2. The molecule has 0 bridgehead atoms. The van der Waals surface area contributed by atoms with E-state index in [1.165, 1.54) is 24.8 Å². The Morgan fingerprint density at radius 2 is 2.47 bits per heavy atom. The molecular weight excluding hydrogens is 184 g/mol. The van der Waals surface area contributed by atoms with Gasteiger partial charge < -0.3 is 5.32 Å². The zero-order chi connectivity index (χ0) is 10.3. The molecule has 1 unspecified atom stereocenters. The SMILES string of the molecule is C1=CC(NCCc2cccnc2)CCC1. The highest BCUT2D eigenvalue weighted by molar-refractivity contribution is 5.09. The Morgan fingerprint density at radius 3 is 3.20 bits per heavy atom. The van der Waals surface area contributed by atoms with Gasteiger partial charge in [-0.05, 0) is 43.9 Å². The average molecular weight is 202 g/mol. The molecule has 0 fully saturated rings. The van der Waals surface area contributed by atoms with Crippen molar-refractivity contribution >= 4 is 0 Å². The molecule has 1 heterocycles. The molecule has 1 atom stereocenters. The van der Waals surface area contributed by atoms with Gasteiger partial charge in [-0.25, -0.2) is 0 Å². The topological polar surface area (TPSA) is 24.9 Å². The minimum absolute atomic E-state index is 0.593. The first-order chi connectivity index (χ1) is 7.45. The van der Waals surface area contributed by atoms with Crippen LogP contribution < -0.4 is 5.32 Å². The summed E-state index contributed by atoms with van der Waals surface area (Å²) in [5.74, 6) is 0. The van der Waals surface area contributed by atoms with Gasteiger partial charge in [0.1, 0.15) is 0 Å². The Hall–Kier alpha value is -1.15. The number of hydrogen-bond donors (Lipinski definition) is 1. The largest absolute Gasteiger partial charge is 0.310 e. The molecule has 2 rings (SSSR count). The molecule has 0 amide bonds. The van der Waals surface area contributed by atoms with Crippen LogP contribution in [0.25, 0.3) is 0 Å². The molecule has 0 radical (unpaired) electrons. The van der Waals surface area contributed by atoms with Crippen molar-refractivity contribution in [3.05, 3.63) is 42.2 Å². The Balaban J connectivity index is 1.70. The van der Waals surface area contributed by atoms with E-state index in [4.69, 9.17) is 0 Å². The summed E-state index contributed by atoms with van der Waals surface area (Å²) in [5, 5.41) is 3.56. The van der Waals surface area contributed by atoms with E-state index in [1.807, 2.05) is 18.5 Å². The molecule has 80 valence electrons. The highest BCUT2D eigenvalue weighted by Gasteiger charge is 2.06. The molecule has 1 aromatic heterocycles. The third-order valence-electron chi connectivity index (χ3n) is 2.80. The summed E-state index contributed by atoms with van der Waals surface area (Å²) in [6, 6.07) is 4.72. The summed E-state index contributed by atoms with van der Waals surface area (Å²) in [4.78, 5) is 4.11. The van der Waals surface area contributed by atoms with E-state index in [1.54, 1.807) is 0 Å². The smallest absolute Gasteiger partial charge is 0.0300 e. The molecule has 1 aliphatic rings. The van der Waals surface area contributed by atoms with Gasteiger partial charge in [0.05, 0.1) is 0 Å². The Bertz CT molecular complexity index is 306. The second-order valence-electron chi connectivity index (χ2n) is 4.03. The van der Waals surface area contributed by atoms with Crippen molar-refractivity contribution < 1.29 is 0 Å². The average Bonchev–Trinajstić information content (AvgIpc) is 2.32. The molecular formula is C13H18N2. The second kappa shape index (κ2) is 5.66. The summed E-state index contributed by atoms with van der Waals surface area (Å²) in [6.07, 6.45) is 13.3. The maximum Gasteiger partial charge on any atom is 0.0300 e. The molecule has 1 N–H and O–H groups in total. The van der Waals surface area contributed by atoms with Gasteiger partial charge in [-0.3, -0.25) is 4.98 Å². The van der Waals surface area contributed by atoms with Gasteiger partial charge >= 0.3 is 0 Å². The quantitative estimate of drug-likeness (QED) is 0.758. The van der Waals surface area contributed by atoms with Crippen molar-refractivity contribution in [3.8, 4) is 0 Å². The first-order valence-corrected chi connectivity index (χ1v) is 5.74. The zero-order valence-electron chi connectivity index (χ0n) is 9.02. The van der Waals surface area contributed by atoms with E-state index < -0.39 is 0 Å². The van der Waals surface area contributed by atoms with Crippen LogP contribution in [0, 0.1) is 0 Å². The predicted molar refractivity (Wildman–Crippen MR) is 62.7 cm³/mol. The Kier molecular flexibility index (Phi) is 3.92. The summed E-state index contributed by atoms with van der Waals surface area (Å²) in [7, 11) is 0. The van der Waals surface area contributed by atoms with E-state index in [-0.39, 0.29) is 0 Å². The lowest BCUT2D eigenvalue weighted by Gasteiger charge is -2.17. The van der Waals surface area contributed by atoms with Crippen LogP contribution in [-0.4, -0.2) is 17.6 Å². The van der Waals surface area contributed by atoms with Gasteiger partial charge in [-0.15, -0.1) is 0 Å². The number of rotatable bonds is 4. The monoisotopic (exact) mass is 202 g/mol. The fraction of sp³-hybridized carbons (Fsp3) is 0.462. The van der Waals surface area contributed by atoms with Gasteiger partial charge in [0.25, 0.3) is 0 Å². The van der Waals surface area contributed by atoms with Crippen LogP contribution in [0.15, 0.2) is 36.7 Å². The van der Waals surface area contributed by atoms with Crippen molar-refractivity contribution in [1.29, 1.82) is 0 Å². The van der Waals surface area contributed by atoms with E-state index in [0.29, 0.717) is 6.04 Å². The van der Waals surface area contributed by atoms with Crippen molar-refractivity contribution in [2.75, 3.05) is 6.54 Å². The minimum atomic E-state index is 0.593. The summed E-state index contributed by atoms with van der Waals surface area (Å²) < 4.78 is 0. The number of pyridine rings is 1. The van der Waals surface area contributed by atoms with Crippen LogP contribution in [0.5, 0.6) is 0 Å². The second-order valence-corrected chi connectivity index (χ2v) is 4.03. The summed E-state index contributed by atoms with van der Waals surface area (Å²) in [5.41, 5.74) is 1.31.